The van der Waals surface area contributed by atoms with E-state index in [1.807, 2.05) is 10.7 Å². The molecule has 0 unspecified atom stereocenters. The maximum atomic E-state index is 13.2. The zero-order valence-electron chi connectivity index (χ0n) is 14.1. The summed E-state index contributed by atoms with van der Waals surface area (Å²) in [6.45, 7) is 1.76. The summed E-state index contributed by atoms with van der Waals surface area (Å²) in [7, 11) is 0. The third-order valence-corrected chi connectivity index (χ3v) is 4.92. The molecular formula is C17H22N6O2. The van der Waals surface area contributed by atoms with Gasteiger partial charge in [0.25, 0.3) is 5.91 Å². The summed E-state index contributed by atoms with van der Waals surface area (Å²) in [6, 6.07) is 1.86. The first-order valence-electron chi connectivity index (χ1n) is 8.76. The van der Waals surface area contributed by atoms with Crippen molar-refractivity contribution in [3.05, 3.63) is 34.4 Å². The number of aryl methyl sites for hydroxylation is 2. The van der Waals surface area contributed by atoms with Crippen LogP contribution in [0.25, 0.3) is 0 Å². The molecule has 4 rings (SSSR count). The highest BCUT2D eigenvalue weighted by Gasteiger charge is 2.27. The van der Waals surface area contributed by atoms with Crippen molar-refractivity contribution >= 4 is 11.9 Å². The molecule has 2 aromatic heterocycles. The van der Waals surface area contributed by atoms with Gasteiger partial charge in [-0.05, 0) is 38.2 Å². The fourth-order valence-electron chi connectivity index (χ4n) is 3.71. The number of rotatable bonds is 2. The Balaban J connectivity index is 1.66. The van der Waals surface area contributed by atoms with E-state index in [2.05, 4.69) is 15.1 Å². The largest absolute Gasteiger partial charge is 0.390 e. The van der Waals surface area contributed by atoms with E-state index in [-0.39, 0.29) is 18.5 Å². The van der Waals surface area contributed by atoms with Gasteiger partial charge >= 0.3 is 0 Å². The van der Waals surface area contributed by atoms with Crippen LogP contribution in [0.4, 0.5) is 5.95 Å². The van der Waals surface area contributed by atoms with Crippen LogP contribution in [0.15, 0.2) is 6.07 Å². The smallest absolute Gasteiger partial charge is 0.273 e. The molecule has 3 N–H and O–H groups in total. The van der Waals surface area contributed by atoms with Crippen molar-refractivity contribution in [2.45, 2.75) is 51.8 Å². The summed E-state index contributed by atoms with van der Waals surface area (Å²) in [5, 5.41) is 13.6. The second kappa shape index (κ2) is 6.44. The van der Waals surface area contributed by atoms with Gasteiger partial charge in [-0.25, -0.2) is 9.97 Å². The summed E-state index contributed by atoms with van der Waals surface area (Å²) >= 11 is 0. The molecule has 8 nitrogen and oxygen atoms in total. The van der Waals surface area contributed by atoms with E-state index >= 15 is 0 Å². The van der Waals surface area contributed by atoms with Gasteiger partial charge in [-0.15, -0.1) is 0 Å². The van der Waals surface area contributed by atoms with Gasteiger partial charge in [0, 0.05) is 24.3 Å². The van der Waals surface area contributed by atoms with E-state index in [1.54, 1.807) is 4.90 Å². The van der Waals surface area contributed by atoms with Crippen molar-refractivity contribution in [3.8, 4) is 0 Å². The number of nitrogens with zero attached hydrogens (tertiary/aromatic N) is 5. The third-order valence-electron chi connectivity index (χ3n) is 4.92. The molecule has 0 atom stereocenters. The van der Waals surface area contributed by atoms with Crippen LogP contribution in [0, 0.1) is 0 Å². The van der Waals surface area contributed by atoms with Crippen molar-refractivity contribution < 1.29 is 9.90 Å². The molecule has 0 saturated heterocycles. The number of aliphatic hydroxyl groups is 1. The Bertz CT molecular complexity index is 816. The lowest BCUT2D eigenvalue weighted by Gasteiger charge is -2.23. The van der Waals surface area contributed by atoms with Crippen molar-refractivity contribution in [1.29, 1.82) is 0 Å². The summed E-state index contributed by atoms with van der Waals surface area (Å²) < 4.78 is 1.88. The Kier molecular flexibility index (Phi) is 4.12. The molecule has 2 aliphatic rings. The molecule has 0 radical (unpaired) electrons. The fourth-order valence-corrected chi connectivity index (χ4v) is 3.71. The SMILES string of the molecule is Nc1nc2c(c(C(=O)N3CCCn4nc(CO)cc4C3)n1)CCCC2. The summed E-state index contributed by atoms with van der Waals surface area (Å²) in [6.07, 6.45) is 4.62. The van der Waals surface area contributed by atoms with Crippen LogP contribution < -0.4 is 5.73 Å². The highest BCUT2D eigenvalue weighted by atomic mass is 16.3. The van der Waals surface area contributed by atoms with E-state index in [4.69, 9.17) is 5.73 Å². The van der Waals surface area contributed by atoms with Crippen LogP contribution in [0.1, 0.15) is 52.4 Å². The highest BCUT2D eigenvalue weighted by molar-refractivity contribution is 5.94. The molecule has 1 aliphatic carbocycles. The second-order valence-electron chi connectivity index (χ2n) is 6.65. The normalized spacial score (nSPS) is 16.9. The fraction of sp³-hybridized carbons (Fsp3) is 0.529. The Labute approximate surface area is 145 Å². The lowest BCUT2D eigenvalue weighted by Crippen LogP contribution is -2.33. The zero-order chi connectivity index (χ0) is 17.4. The van der Waals surface area contributed by atoms with Gasteiger partial charge in [-0.2, -0.15) is 5.10 Å². The van der Waals surface area contributed by atoms with Crippen molar-refractivity contribution in [2.24, 2.45) is 0 Å². The number of aromatic nitrogens is 4. The summed E-state index contributed by atoms with van der Waals surface area (Å²) in [5.74, 6) is 0.0823. The van der Waals surface area contributed by atoms with Crippen molar-refractivity contribution in [3.63, 3.8) is 0 Å². The minimum atomic E-state index is -0.0934. The topological polar surface area (TPSA) is 110 Å². The standard InChI is InChI=1S/C17H22N6O2/c18-17-19-14-5-2-1-4-13(14)15(20-17)16(25)22-6-3-7-23-12(9-22)8-11(10-24)21-23/h8,24H,1-7,9-10H2,(H2,18,19,20). The molecule has 25 heavy (non-hydrogen) atoms. The molecule has 3 heterocycles. The minimum absolute atomic E-state index is 0.0903. The average molecular weight is 342 g/mol. The predicted molar refractivity (Wildman–Crippen MR) is 90.6 cm³/mol. The molecule has 0 bridgehead atoms. The lowest BCUT2D eigenvalue weighted by atomic mass is 9.94. The monoisotopic (exact) mass is 342 g/mol. The molecule has 1 amide bonds. The maximum Gasteiger partial charge on any atom is 0.273 e. The van der Waals surface area contributed by atoms with Crippen molar-refractivity contribution in [1.82, 2.24) is 24.6 Å². The Hall–Kier alpha value is -2.48. The predicted octanol–water partition coefficient (Wildman–Crippen LogP) is 0.672. The number of hydrogen-bond acceptors (Lipinski definition) is 6. The van der Waals surface area contributed by atoms with E-state index in [0.717, 1.165) is 55.6 Å². The Morgan fingerprint density at radius 1 is 1.20 bits per heavy atom. The minimum Gasteiger partial charge on any atom is -0.390 e. The lowest BCUT2D eigenvalue weighted by molar-refractivity contribution is 0.0738. The molecule has 1 aliphatic heterocycles. The van der Waals surface area contributed by atoms with Crippen LogP contribution in [0.2, 0.25) is 0 Å². The van der Waals surface area contributed by atoms with E-state index in [1.165, 1.54) is 0 Å². The molecule has 2 aromatic rings. The molecule has 132 valence electrons. The first kappa shape index (κ1) is 16.0. The molecule has 0 aromatic carbocycles. The summed E-state index contributed by atoms with van der Waals surface area (Å²) in [4.78, 5) is 23.6. The molecule has 0 fully saturated rings. The molecule has 0 saturated carbocycles. The van der Waals surface area contributed by atoms with Crippen LogP contribution in [0.5, 0.6) is 0 Å². The molecule has 0 spiro atoms. The maximum absolute atomic E-state index is 13.2. The van der Waals surface area contributed by atoms with Crippen LogP contribution in [-0.2, 0) is 32.5 Å². The molecule has 8 heteroatoms. The number of carbonyl (C=O) groups excluding carboxylic acids is 1. The Morgan fingerprint density at radius 2 is 2.04 bits per heavy atom. The van der Waals surface area contributed by atoms with E-state index in [0.29, 0.717) is 24.5 Å². The Morgan fingerprint density at radius 3 is 2.88 bits per heavy atom. The van der Waals surface area contributed by atoms with Gasteiger partial charge < -0.3 is 15.7 Å². The van der Waals surface area contributed by atoms with Crippen LogP contribution >= 0.6 is 0 Å². The van der Waals surface area contributed by atoms with Crippen LogP contribution in [-0.4, -0.2) is 42.2 Å². The zero-order valence-corrected chi connectivity index (χ0v) is 14.1. The number of fused-ring (bicyclic) bond motifs is 2. The highest BCUT2D eigenvalue weighted by Crippen LogP contribution is 2.25. The number of nitrogens with two attached hydrogens (primary N) is 1. The van der Waals surface area contributed by atoms with E-state index in [9.17, 15) is 9.90 Å². The van der Waals surface area contributed by atoms with Gasteiger partial charge in [0.05, 0.1) is 24.5 Å². The quantitative estimate of drug-likeness (QED) is 0.830. The first-order chi connectivity index (χ1) is 12.2. The number of nitrogen functional groups attached to an aromatic ring is 1. The molecular weight excluding hydrogens is 320 g/mol. The van der Waals surface area contributed by atoms with E-state index < -0.39 is 0 Å². The number of hydrogen-bond donors (Lipinski definition) is 2. The van der Waals surface area contributed by atoms with Gasteiger partial charge in [-0.1, -0.05) is 0 Å². The van der Waals surface area contributed by atoms with Gasteiger partial charge in [-0.3, -0.25) is 9.48 Å². The number of aliphatic hydroxyl groups excluding tert-OH is 1. The number of amides is 1. The average Bonchev–Trinajstić information content (AvgIpc) is 2.91. The van der Waals surface area contributed by atoms with Crippen molar-refractivity contribution in [2.75, 3.05) is 12.3 Å². The van der Waals surface area contributed by atoms with Crippen LogP contribution in [0.3, 0.4) is 0 Å². The second-order valence-corrected chi connectivity index (χ2v) is 6.65. The number of anilines is 1. The van der Waals surface area contributed by atoms with Gasteiger partial charge in [0.2, 0.25) is 5.95 Å². The summed E-state index contributed by atoms with van der Waals surface area (Å²) in [5.41, 5.74) is 9.75. The first-order valence-corrected chi connectivity index (χ1v) is 8.76. The van der Waals surface area contributed by atoms with Gasteiger partial charge in [0.15, 0.2) is 0 Å². The number of carbonyl (C=O) groups is 1. The van der Waals surface area contributed by atoms with Gasteiger partial charge in [0.1, 0.15) is 5.69 Å². The third kappa shape index (κ3) is 2.97.